The predicted molar refractivity (Wildman–Crippen MR) is 100 cm³/mol. The molecular weight excluding hydrogens is 360 g/mol. The Hall–Kier alpha value is -1.11. The summed E-state index contributed by atoms with van der Waals surface area (Å²) in [6, 6.07) is 4.59. The van der Waals surface area contributed by atoms with Gasteiger partial charge in [-0.15, -0.1) is 0 Å². The van der Waals surface area contributed by atoms with Crippen LogP contribution in [0.1, 0.15) is 56.8 Å². The summed E-state index contributed by atoms with van der Waals surface area (Å²) in [5.74, 6) is 0.190. The lowest BCUT2D eigenvalue weighted by Gasteiger charge is -2.29. The van der Waals surface area contributed by atoms with Gasteiger partial charge in [-0.2, -0.15) is 4.31 Å². The van der Waals surface area contributed by atoms with E-state index in [1.807, 2.05) is 0 Å². The van der Waals surface area contributed by atoms with E-state index < -0.39 is 10.0 Å². The van der Waals surface area contributed by atoms with Gasteiger partial charge < -0.3 is 5.32 Å². The normalized spacial score (nSPS) is 21.3. The maximum atomic E-state index is 12.7. The molecule has 1 fully saturated rings. The molecule has 140 valence electrons. The van der Waals surface area contributed by atoms with Gasteiger partial charge >= 0.3 is 0 Å². The molecule has 0 bridgehead atoms. The minimum atomic E-state index is -3.71. The van der Waals surface area contributed by atoms with Crippen molar-refractivity contribution in [3.8, 4) is 0 Å². The molecule has 0 aromatic heterocycles. The molecule has 1 aliphatic carbocycles. The van der Waals surface area contributed by atoms with Crippen molar-refractivity contribution >= 4 is 27.5 Å². The van der Waals surface area contributed by atoms with Crippen LogP contribution in [-0.4, -0.2) is 37.8 Å². The van der Waals surface area contributed by atoms with Crippen LogP contribution in [0.3, 0.4) is 0 Å². The third kappa shape index (κ3) is 4.54. The van der Waals surface area contributed by atoms with Crippen LogP contribution in [-0.2, 0) is 10.0 Å². The molecule has 1 aliphatic rings. The zero-order valence-corrected chi connectivity index (χ0v) is 16.7. The average Bonchev–Trinajstić information content (AvgIpc) is 2.58. The Morgan fingerprint density at radius 2 is 1.88 bits per heavy atom. The van der Waals surface area contributed by atoms with E-state index in [1.54, 1.807) is 19.9 Å². The second-order valence-electron chi connectivity index (χ2n) is 6.58. The molecule has 0 heterocycles. The number of nitrogens with one attached hydrogen (secondary N) is 1. The smallest absolute Gasteiger partial charge is 0.251 e. The molecule has 0 radical (unpaired) electrons. The molecule has 0 saturated heterocycles. The fourth-order valence-electron chi connectivity index (χ4n) is 3.33. The second-order valence-corrected chi connectivity index (χ2v) is 8.89. The molecule has 2 rings (SSSR count). The van der Waals surface area contributed by atoms with Crippen molar-refractivity contribution in [3.63, 3.8) is 0 Å². The van der Waals surface area contributed by atoms with Gasteiger partial charge in [0.1, 0.15) is 4.90 Å². The maximum absolute atomic E-state index is 12.7. The summed E-state index contributed by atoms with van der Waals surface area (Å²) >= 11 is 6.12. The van der Waals surface area contributed by atoms with E-state index in [1.165, 1.54) is 22.9 Å². The van der Waals surface area contributed by atoms with Crippen molar-refractivity contribution < 1.29 is 13.2 Å². The molecular formula is C18H27ClN2O3S. The van der Waals surface area contributed by atoms with E-state index >= 15 is 0 Å². The van der Waals surface area contributed by atoms with Crippen LogP contribution in [0, 0.1) is 5.92 Å². The summed E-state index contributed by atoms with van der Waals surface area (Å²) in [7, 11) is -3.71. The van der Waals surface area contributed by atoms with Crippen molar-refractivity contribution in [1.82, 2.24) is 9.62 Å². The molecule has 2 atom stereocenters. The van der Waals surface area contributed by atoms with E-state index in [-0.39, 0.29) is 21.9 Å². The van der Waals surface area contributed by atoms with Crippen molar-refractivity contribution in [1.29, 1.82) is 0 Å². The van der Waals surface area contributed by atoms with Gasteiger partial charge in [0.15, 0.2) is 0 Å². The fourth-order valence-corrected chi connectivity index (χ4v) is 5.29. The molecule has 1 aromatic carbocycles. The number of benzene rings is 1. The van der Waals surface area contributed by atoms with E-state index in [0.29, 0.717) is 24.6 Å². The Morgan fingerprint density at radius 3 is 2.48 bits per heavy atom. The maximum Gasteiger partial charge on any atom is 0.251 e. The van der Waals surface area contributed by atoms with E-state index in [0.717, 1.165) is 19.3 Å². The Morgan fingerprint density at radius 1 is 1.24 bits per heavy atom. The van der Waals surface area contributed by atoms with Gasteiger partial charge in [0, 0.05) is 24.7 Å². The van der Waals surface area contributed by atoms with Gasteiger partial charge in [-0.1, -0.05) is 45.2 Å². The van der Waals surface area contributed by atoms with Crippen LogP contribution in [0.5, 0.6) is 0 Å². The summed E-state index contributed by atoms with van der Waals surface area (Å²) in [6.07, 6.45) is 4.37. The minimum Gasteiger partial charge on any atom is -0.349 e. The van der Waals surface area contributed by atoms with Gasteiger partial charge in [0.2, 0.25) is 10.0 Å². The highest BCUT2D eigenvalue weighted by atomic mass is 35.5. The van der Waals surface area contributed by atoms with Gasteiger partial charge in [0.25, 0.3) is 5.91 Å². The number of carbonyl (C=O) groups is 1. The van der Waals surface area contributed by atoms with Crippen LogP contribution in [0.15, 0.2) is 23.1 Å². The standard InChI is InChI=1S/C18H27ClN2O3S/c1-4-21(5-2)25(23,24)17-12-14(10-11-15(17)19)18(22)20-16-9-7-6-8-13(16)3/h10-13,16H,4-9H2,1-3H3,(H,20,22)/t13-,16+/m0/s1. The summed E-state index contributed by atoms with van der Waals surface area (Å²) < 4.78 is 26.8. The number of amides is 1. The van der Waals surface area contributed by atoms with Gasteiger partial charge in [-0.05, 0) is 37.0 Å². The molecule has 1 N–H and O–H groups in total. The van der Waals surface area contributed by atoms with Crippen LogP contribution >= 0.6 is 11.6 Å². The molecule has 0 aliphatic heterocycles. The first kappa shape index (κ1) is 20.2. The molecule has 7 heteroatoms. The van der Waals surface area contributed by atoms with Crippen LogP contribution in [0.2, 0.25) is 5.02 Å². The number of nitrogens with zero attached hydrogens (tertiary/aromatic N) is 1. The first-order chi connectivity index (χ1) is 11.8. The van der Waals surface area contributed by atoms with Crippen molar-refractivity contribution in [2.45, 2.75) is 57.4 Å². The molecule has 0 spiro atoms. The van der Waals surface area contributed by atoms with Gasteiger partial charge in [-0.3, -0.25) is 4.79 Å². The van der Waals surface area contributed by atoms with Crippen LogP contribution in [0.4, 0.5) is 0 Å². The molecule has 0 unspecified atom stereocenters. The molecule has 25 heavy (non-hydrogen) atoms. The predicted octanol–water partition coefficient (Wildman–Crippen LogP) is 3.68. The van der Waals surface area contributed by atoms with E-state index in [4.69, 9.17) is 11.6 Å². The zero-order valence-electron chi connectivity index (χ0n) is 15.1. The first-order valence-electron chi connectivity index (χ1n) is 8.91. The van der Waals surface area contributed by atoms with Crippen molar-refractivity contribution in [2.75, 3.05) is 13.1 Å². The number of hydrogen-bond acceptors (Lipinski definition) is 3. The SMILES string of the molecule is CCN(CC)S(=O)(=O)c1cc(C(=O)N[C@@H]2CCCC[C@@H]2C)ccc1Cl. The lowest BCUT2D eigenvalue weighted by Crippen LogP contribution is -2.41. The van der Waals surface area contributed by atoms with Crippen molar-refractivity contribution in [3.05, 3.63) is 28.8 Å². The monoisotopic (exact) mass is 386 g/mol. The summed E-state index contributed by atoms with van der Waals surface area (Å²) in [5, 5.41) is 3.18. The first-order valence-corrected chi connectivity index (χ1v) is 10.7. The number of halogens is 1. The van der Waals surface area contributed by atoms with Crippen molar-refractivity contribution in [2.24, 2.45) is 5.92 Å². The number of carbonyl (C=O) groups excluding carboxylic acids is 1. The molecule has 5 nitrogen and oxygen atoms in total. The van der Waals surface area contributed by atoms with E-state index in [2.05, 4.69) is 12.2 Å². The van der Waals surface area contributed by atoms with E-state index in [9.17, 15) is 13.2 Å². The molecule has 1 amide bonds. The highest BCUT2D eigenvalue weighted by molar-refractivity contribution is 7.89. The highest BCUT2D eigenvalue weighted by Gasteiger charge is 2.27. The highest BCUT2D eigenvalue weighted by Crippen LogP contribution is 2.27. The Bertz CT molecular complexity index is 717. The Kier molecular flexibility index (Phi) is 6.88. The molecule has 1 aromatic rings. The van der Waals surface area contributed by atoms with Gasteiger partial charge in [0.05, 0.1) is 5.02 Å². The second kappa shape index (κ2) is 8.52. The van der Waals surface area contributed by atoms with Gasteiger partial charge in [-0.25, -0.2) is 8.42 Å². The lowest BCUT2D eigenvalue weighted by molar-refractivity contribution is 0.0910. The lowest BCUT2D eigenvalue weighted by atomic mass is 9.86. The fraction of sp³-hybridized carbons (Fsp3) is 0.611. The van der Waals surface area contributed by atoms with Crippen LogP contribution in [0.25, 0.3) is 0 Å². The average molecular weight is 387 g/mol. The Balaban J connectivity index is 2.27. The van der Waals surface area contributed by atoms with Crippen LogP contribution < -0.4 is 5.32 Å². The largest absolute Gasteiger partial charge is 0.349 e. The Labute approximate surface area is 155 Å². The third-order valence-corrected chi connectivity index (χ3v) is 7.48. The minimum absolute atomic E-state index is 0.0118. The molecule has 1 saturated carbocycles. The zero-order chi connectivity index (χ0) is 18.6. The summed E-state index contributed by atoms with van der Waals surface area (Å²) in [5.41, 5.74) is 0.327. The number of sulfonamides is 1. The number of hydrogen-bond donors (Lipinski definition) is 1. The topological polar surface area (TPSA) is 66.5 Å². The summed E-state index contributed by atoms with van der Waals surface area (Å²) in [6.45, 7) is 6.39. The number of rotatable bonds is 6. The quantitative estimate of drug-likeness (QED) is 0.810. The summed E-state index contributed by atoms with van der Waals surface area (Å²) in [4.78, 5) is 12.6. The third-order valence-electron chi connectivity index (χ3n) is 4.94.